The van der Waals surface area contributed by atoms with Crippen LogP contribution in [0, 0.1) is 0 Å². The van der Waals surface area contributed by atoms with Crippen LogP contribution in [0.2, 0.25) is 0 Å². The van der Waals surface area contributed by atoms with Crippen molar-refractivity contribution in [1.82, 2.24) is 15.3 Å². The number of nitrogens with zero attached hydrogens (tertiary/aromatic N) is 2. The van der Waals surface area contributed by atoms with Gasteiger partial charge in [-0.1, -0.05) is 24.6 Å². The highest BCUT2D eigenvalue weighted by Crippen LogP contribution is 2.01. The molecule has 0 saturated carbocycles. The maximum Gasteiger partial charge on any atom is 0.251 e. The Morgan fingerprint density at radius 1 is 1.08 bits per heavy atom. The largest absolute Gasteiger partial charge is 0.352 e. The second-order valence-electron chi connectivity index (χ2n) is 5.77. The van der Waals surface area contributed by atoms with Gasteiger partial charge in [-0.05, 0) is 37.1 Å². The number of nitrogens with one attached hydrogen (secondary N) is 2. The molecule has 0 aliphatic rings. The normalized spacial score (nSPS) is 10.8. The molecule has 25 heavy (non-hydrogen) atoms. The maximum atomic E-state index is 11.8. The predicted molar refractivity (Wildman–Crippen MR) is 98.4 cm³/mol. The second kappa shape index (κ2) is 10.1. The van der Waals surface area contributed by atoms with Gasteiger partial charge in [-0.15, -0.1) is 0 Å². The molecule has 0 atom stereocenters. The molecular formula is C19H24N4O2. The van der Waals surface area contributed by atoms with Crippen LogP contribution in [0.5, 0.6) is 0 Å². The monoisotopic (exact) mass is 340 g/mol. The van der Waals surface area contributed by atoms with E-state index in [0.29, 0.717) is 18.5 Å². The zero-order chi connectivity index (χ0) is 17.9. The van der Waals surface area contributed by atoms with Crippen molar-refractivity contribution < 1.29 is 9.59 Å². The van der Waals surface area contributed by atoms with E-state index < -0.39 is 0 Å². The van der Waals surface area contributed by atoms with Gasteiger partial charge < -0.3 is 9.88 Å². The molecule has 1 heterocycles. The summed E-state index contributed by atoms with van der Waals surface area (Å²) in [7, 11) is 1.92. The van der Waals surface area contributed by atoms with Crippen molar-refractivity contribution in [2.75, 3.05) is 6.54 Å². The van der Waals surface area contributed by atoms with Gasteiger partial charge in [-0.2, -0.15) is 5.10 Å². The molecule has 0 unspecified atom stereocenters. The Hall–Kier alpha value is -2.89. The van der Waals surface area contributed by atoms with E-state index >= 15 is 0 Å². The number of unbranched alkanes of at least 4 members (excludes halogenated alkanes) is 2. The van der Waals surface area contributed by atoms with Crippen LogP contribution < -0.4 is 10.7 Å². The minimum Gasteiger partial charge on any atom is -0.352 e. The van der Waals surface area contributed by atoms with Gasteiger partial charge in [0.2, 0.25) is 5.91 Å². The third-order valence-electron chi connectivity index (χ3n) is 3.77. The number of carbonyl (C=O) groups excluding carboxylic acids is 2. The van der Waals surface area contributed by atoms with Crippen LogP contribution in [0.15, 0.2) is 53.8 Å². The molecule has 6 nitrogen and oxygen atoms in total. The van der Waals surface area contributed by atoms with Gasteiger partial charge in [0.1, 0.15) is 0 Å². The number of amides is 2. The van der Waals surface area contributed by atoms with Gasteiger partial charge in [-0.3, -0.25) is 9.59 Å². The maximum absolute atomic E-state index is 11.8. The Bertz CT molecular complexity index is 707. The lowest BCUT2D eigenvalue weighted by Gasteiger charge is -2.05. The molecule has 0 bridgehead atoms. The summed E-state index contributed by atoms with van der Waals surface area (Å²) in [5, 5.41) is 6.82. The average Bonchev–Trinajstić information content (AvgIpc) is 3.03. The Balaban J connectivity index is 1.52. The van der Waals surface area contributed by atoms with E-state index in [1.54, 1.807) is 18.3 Å². The minimum atomic E-state index is -0.0984. The molecule has 1 aromatic carbocycles. The van der Waals surface area contributed by atoms with Crippen LogP contribution >= 0.6 is 0 Å². The number of aromatic nitrogens is 1. The van der Waals surface area contributed by atoms with Crippen LogP contribution in [-0.4, -0.2) is 29.1 Å². The lowest BCUT2D eigenvalue weighted by molar-refractivity contribution is -0.121. The third kappa shape index (κ3) is 6.63. The summed E-state index contributed by atoms with van der Waals surface area (Å²) < 4.78 is 1.92. The van der Waals surface area contributed by atoms with Gasteiger partial charge in [0.05, 0.1) is 11.9 Å². The van der Waals surface area contributed by atoms with Crippen molar-refractivity contribution >= 4 is 18.0 Å². The summed E-state index contributed by atoms with van der Waals surface area (Å²) in [5.74, 6) is -0.160. The first-order chi connectivity index (χ1) is 12.2. The van der Waals surface area contributed by atoms with Gasteiger partial charge in [0, 0.05) is 31.8 Å². The molecule has 0 spiro atoms. The quantitative estimate of drug-likeness (QED) is 0.418. The Labute approximate surface area is 147 Å². The van der Waals surface area contributed by atoms with Crippen LogP contribution in [0.4, 0.5) is 0 Å². The first-order valence-electron chi connectivity index (χ1n) is 8.43. The zero-order valence-corrected chi connectivity index (χ0v) is 14.4. The van der Waals surface area contributed by atoms with Crippen LogP contribution in [0.1, 0.15) is 41.7 Å². The molecule has 0 radical (unpaired) electrons. The fourth-order valence-corrected chi connectivity index (χ4v) is 2.32. The summed E-state index contributed by atoms with van der Waals surface area (Å²) in [5.41, 5.74) is 4.12. The van der Waals surface area contributed by atoms with Gasteiger partial charge >= 0.3 is 0 Å². The molecule has 2 rings (SSSR count). The van der Waals surface area contributed by atoms with Crippen LogP contribution in [0.25, 0.3) is 0 Å². The van der Waals surface area contributed by atoms with Gasteiger partial charge in [-0.25, -0.2) is 5.43 Å². The molecular weight excluding hydrogens is 316 g/mol. The van der Waals surface area contributed by atoms with Crippen molar-refractivity contribution in [1.29, 1.82) is 0 Å². The van der Waals surface area contributed by atoms with E-state index in [4.69, 9.17) is 0 Å². The van der Waals surface area contributed by atoms with E-state index in [0.717, 1.165) is 25.0 Å². The lowest BCUT2D eigenvalue weighted by atomic mass is 10.2. The molecule has 2 aromatic rings. The first kappa shape index (κ1) is 18.4. The SMILES string of the molecule is Cn1cccc1C=NNC(=O)CCCCCNC(=O)c1ccccc1. The first-order valence-corrected chi connectivity index (χ1v) is 8.43. The van der Waals surface area contributed by atoms with Crippen molar-refractivity contribution in [2.24, 2.45) is 12.1 Å². The molecule has 6 heteroatoms. The molecule has 132 valence electrons. The lowest BCUT2D eigenvalue weighted by Crippen LogP contribution is -2.24. The number of hydrazone groups is 1. The highest BCUT2D eigenvalue weighted by Gasteiger charge is 2.03. The smallest absolute Gasteiger partial charge is 0.251 e. The molecule has 2 N–H and O–H groups in total. The highest BCUT2D eigenvalue weighted by molar-refractivity contribution is 5.94. The third-order valence-corrected chi connectivity index (χ3v) is 3.77. The van der Waals surface area contributed by atoms with Crippen molar-refractivity contribution in [3.8, 4) is 0 Å². The Kier molecular flexibility index (Phi) is 7.43. The standard InChI is InChI=1S/C19H24N4O2/c1-23-14-8-11-17(23)15-21-22-18(24)12-6-3-7-13-20-19(25)16-9-4-2-5-10-16/h2,4-5,8-11,14-15H,3,6-7,12-13H2,1H3,(H,20,25)(H,22,24). The fourth-order valence-electron chi connectivity index (χ4n) is 2.32. The van der Waals surface area contributed by atoms with Crippen LogP contribution in [-0.2, 0) is 11.8 Å². The highest BCUT2D eigenvalue weighted by atomic mass is 16.2. The predicted octanol–water partition coefficient (Wildman–Crippen LogP) is 2.47. The number of carbonyl (C=O) groups is 2. The number of hydrogen-bond acceptors (Lipinski definition) is 3. The van der Waals surface area contributed by atoms with Crippen LogP contribution in [0.3, 0.4) is 0 Å². The summed E-state index contributed by atoms with van der Waals surface area (Å²) in [4.78, 5) is 23.5. The molecule has 0 fully saturated rings. The molecule has 0 aliphatic heterocycles. The summed E-state index contributed by atoms with van der Waals surface area (Å²) in [6, 6.07) is 13.0. The van der Waals surface area contributed by atoms with E-state index in [9.17, 15) is 9.59 Å². The van der Waals surface area contributed by atoms with Gasteiger partial charge in [0.25, 0.3) is 5.91 Å². The summed E-state index contributed by atoms with van der Waals surface area (Å²) in [6.07, 6.45) is 6.46. The number of rotatable bonds is 9. The summed E-state index contributed by atoms with van der Waals surface area (Å²) >= 11 is 0. The summed E-state index contributed by atoms with van der Waals surface area (Å²) in [6.45, 7) is 0.612. The topological polar surface area (TPSA) is 75.5 Å². The minimum absolute atomic E-state index is 0.0617. The van der Waals surface area contributed by atoms with E-state index in [2.05, 4.69) is 15.8 Å². The number of hydrogen-bond donors (Lipinski definition) is 2. The van der Waals surface area contributed by atoms with Gasteiger partial charge in [0.15, 0.2) is 0 Å². The van der Waals surface area contributed by atoms with Crippen molar-refractivity contribution in [3.05, 3.63) is 59.9 Å². The van der Waals surface area contributed by atoms with E-state index in [1.165, 1.54) is 0 Å². The van der Waals surface area contributed by atoms with Crippen molar-refractivity contribution in [2.45, 2.75) is 25.7 Å². The molecule has 1 aromatic heterocycles. The average molecular weight is 340 g/mol. The second-order valence-corrected chi connectivity index (χ2v) is 5.77. The molecule has 0 saturated heterocycles. The molecule has 0 aliphatic carbocycles. The van der Waals surface area contributed by atoms with Crippen molar-refractivity contribution in [3.63, 3.8) is 0 Å². The molecule has 2 amide bonds. The number of aryl methyl sites for hydroxylation is 1. The van der Waals surface area contributed by atoms with E-state index in [1.807, 2.05) is 48.1 Å². The Morgan fingerprint density at radius 3 is 2.60 bits per heavy atom. The van der Waals surface area contributed by atoms with E-state index in [-0.39, 0.29) is 11.8 Å². The fraction of sp³-hybridized carbons (Fsp3) is 0.316. The zero-order valence-electron chi connectivity index (χ0n) is 14.4. The number of benzene rings is 1. The Morgan fingerprint density at radius 2 is 1.88 bits per heavy atom.